The molecule has 0 unspecified atom stereocenters. The van der Waals surface area contributed by atoms with E-state index < -0.39 is 25.4 Å². The van der Waals surface area contributed by atoms with Crippen LogP contribution in [0.5, 0.6) is 0 Å². The fraction of sp³-hybridized carbons (Fsp3) is 0.462. The number of benzene rings is 1. The first-order valence-corrected chi connectivity index (χ1v) is 9.71. The molecule has 0 aromatic heterocycles. The molecule has 7 heteroatoms. The molecule has 1 aromatic rings. The van der Waals surface area contributed by atoms with Gasteiger partial charge >= 0.3 is 0 Å². The zero-order valence-corrected chi connectivity index (χ0v) is 12.9. The molecule has 0 fully saturated rings. The van der Waals surface area contributed by atoms with Crippen LogP contribution >= 0.6 is 0 Å². The summed E-state index contributed by atoms with van der Waals surface area (Å²) in [6.45, 7) is 1.88. The van der Waals surface area contributed by atoms with E-state index >= 15 is 0 Å². The largest absolute Gasteiger partial charge is 0.229 e. The lowest BCUT2D eigenvalue weighted by molar-refractivity contribution is 0.586. The number of sulfone groups is 2. The van der Waals surface area contributed by atoms with Crippen molar-refractivity contribution >= 4 is 19.7 Å². The van der Waals surface area contributed by atoms with Crippen molar-refractivity contribution < 1.29 is 16.8 Å². The van der Waals surface area contributed by atoms with E-state index in [1.807, 2.05) is 13.0 Å². The molecule has 20 heavy (non-hydrogen) atoms. The smallest absolute Gasteiger partial charge is 0.179 e. The second-order valence-electron chi connectivity index (χ2n) is 4.46. The van der Waals surface area contributed by atoms with E-state index in [9.17, 15) is 16.8 Å². The van der Waals surface area contributed by atoms with Crippen molar-refractivity contribution in [1.29, 1.82) is 5.26 Å². The van der Waals surface area contributed by atoms with Gasteiger partial charge in [0.25, 0.3) is 0 Å². The summed E-state index contributed by atoms with van der Waals surface area (Å²) >= 11 is 0. The van der Waals surface area contributed by atoms with Crippen molar-refractivity contribution in [3.8, 4) is 6.07 Å². The third-order valence-electron chi connectivity index (χ3n) is 2.81. The van der Waals surface area contributed by atoms with Gasteiger partial charge in [0.15, 0.2) is 19.7 Å². The lowest BCUT2D eigenvalue weighted by atomic mass is 10.2. The Morgan fingerprint density at radius 1 is 1.00 bits per heavy atom. The second-order valence-corrected chi connectivity index (χ2v) is 8.87. The Balaban J connectivity index is 2.78. The summed E-state index contributed by atoms with van der Waals surface area (Å²) in [6, 6.07) is 7.35. The first-order valence-electron chi connectivity index (χ1n) is 6.24. The van der Waals surface area contributed by atoms with Crippen molar-refractivity contribution in [3.05, 3.63) is 29.8 Å². The first-order chi connectivity index (χ1) is 9.30. The van der Waals surface area contributed by atoms with Crippen molar-refractivity contribution in [2.45, 2.75) is 24.7 Å². The Kier molecular flexibility index (Phi) is 5.72. The van der Waals surface area contributed by atoms with Crippen LogP contribution in [0.1, 0.15) is 25.3 Å². The van der Waals surface area contributed by atoms with Gasteiger partial charge in [0.2, 0.25) is 0 Å². The molecule has 1 rings (SSSR count). The van der Waals surface area contributed by atoms with Crippen LogP contribution in [0.3, 0.4) is 0 Å². The van der Waals surface area contributed by atoms with E-state index in [-0.39, 0.29) is 16.4 Å². The molecule has 0 saturated carbocycles. The molecule has 0 heterocycles. The quantitative estimate of drug-likeness (QED) is 0.761. The lowest BCUT2D eigenvalue weighted by Gasteiger charge is -2.05. The summed E-state index contributed by atoms with van der Waals surface area (Å²) in [5.41, 5.74) is 0.361. The highest BCUT2D eigenvalue weighted by Crippen LogP contribution is 2.13. The van der Waals surface area contributed by atoms with Gasteiger partial charge in [-0.3, -0.25) is 0 Å². The molecular weight excluding hydrogens is 298 g/mol. The van der Waals surface area contributed by atoms with Gasteiger partial charge in [0.05, 0.1) is 33.8 Å². The van der Waals surface area contributed by atoms with Crippen LogP contribution in [0.15, 0.2) is 29.2 Å². The van der Waals surface area contributed by atoms with Crippen LogP contribution in [0.2, 0.25) is 0 Å². The molecule has 5 nitrogen and oxygen atoms in total. The summed E-state index contributed by atoms with van der Waals surface area (Å²) in [5, 5.41) is 8.64. The predicted molar refractivity (Wildman–Crippen MR) is 76.8 cm³/mol. The van der Waals surface area contributed by atoms with Crippen LogP contribution in [-0.2, 0) is 19.7 Å². The van der Waals surface area contributed by atoms with E-state index in [1.165, 1.54) is 24.3 Å². The molecule has 0 atom stereocenters. The highest BCUT2D eigenvalue weighted by atomic mass is 32.2. The minimum Gasteiger partial charge on any atom is -0.229 e. The van der Waals surface area contributed by atoms with Gasteiger partial charge in [-0.15, -0.1) is 0 Å². The molecule has 110 valence electrons. The number of hydrogen-bond acceptors (Lipinski definition) is 5. The monoisotopic (exact) mass is 315 g/mol. The summed E-state index contributed by atoms with van der Waals surface area (Å²) in [7, 11) is -6.96. The van der Waals surface area contributed by atoms with E-state index in [4.69, 9.17) is 5.26 Å². The molecule has 0 aliphatic rings. The van der Waals surface area contributed by atoms with Crippen molar-refractivity contribution in [2.24, 2.45) is 0 Å². The summed E-state index contributed by atoms with van der Waals surface area (Å²) in [4.78, 5) is 0.0437. The topological polar surface area (TPSA) is 92.1 Å². The fourth-order valence-corrected chi connectivity index (χ4v) is 5.17. The van der Waals surface area contributed by atoms with Crippen LogP contribution in [-0.4, -0.2) is 34.1 Å². The Bertz CT molecular complexity index is 683. The van der Waals surface area contributed by atoms with Gasteiger partial charge in [-0.05, 0) is 30.7 Å². The summed E-state index contributed by atoms with van der Waals surface area (Å²) in [5.74, 6) is -0.771. The third-order valence-corrected chi connectivity index (χ3v) is 6.54. The number of rotatable bonds is 7. The average Bonchev–Trinajstić information content (AvgIpc) is 2.43. The number of unbranched alkanes of at least 4 members (excludes halogenated alkanes) is 1. The van der Waals surface area contributed by atoms with Gasteiger partial charge in [-0.1, -0.05) is 13.3 Å². The number of nitriles is 1. The number of nitrogens with zero attached hydrogens (tertiary/aromatic N) is 1. The van der Waals surface area contributed by atoms with Crippen LogP contribution < -0.4 is 0 Å². The van der Waals surface area contributed by atoms with Gasteiger partial charge in [0.1, 0.15) is 0 Å². The summed E-state index contributed by atoms with van der Waals surface area (Å²) < 4.78 is 47.3. The van der Waals surface area contributed by atoms with Crippen LogP contribution in [0, 0.1) is 11.3 Å². The molecule has 0 aliphatic heterocycles. The molecule has 0 spiro atoms. The molecule has 0 aliphatic carbocycles. The highest BCUT2D eigenvalue weighted by Gasteiger charge is 2.19. The number of hydrogen-bond donors (Lipinski definition) is 0. The minimum absolute atomic E-state index is 0.0202. The Labute approximate surface area is 120 Å². The maximum absolute atomic E-state index is 12.0. The van der Waals surface area contributed by atoms with Gasteiger partial charge in [0, 0.05) is 0 Å². The SMILES string of the molecule is CCCCS(=O)(=O)CCS(=O)(=O)c1ccc(C#N)cc1. The van der Waals surface area contributed by atoms with Gasteiger partial charge < -0.3 is 0 Å². The molecule has 0 bridgehead atoms. The van der Waals surface area contributed by atoms with E-state index in [2.05, 4.69) is 0 Å². The molecule has 1 aromatic carbocycles. The molecule has 0 amide bonds. The molecule has 0 N–H and O–H groups in total. The Morgan fingerprint density at radius 2 is 1.60 bits per heavy atom. The molecule has 0 saturated heterocycles. The Hall–Kier alpha value is -1.39. The van der Waals surface area contributed by atoms with Gasteiger partial charge in [-0.25, -0.2) is 16.8 Å². The van der Waals surface area contributed by atoms with Crippen LogP contribution in [0.4, 0.5) is 0 Å². The molecule has 0 radical (unpaired) electrons. The van der Waals surface area contributed by atoms with E-state index in [0.29, 0.717) is 12.0 Å². The minimum atomic E-state index is -3.63. The predicted octanol–water partition coefficient (Wildman–Crippen LogP) is 1.55. The highest BCUT2D eigenvalue weighted by molar-refractivity contribution is 7.95. The second kappa shape index (κ2) is 6.86. The van der Waals surface area contributed by atoms with Crippen molar-refractivity contribution in [3.63, 3.8) is 0 Å². The maximum atomic E-state index is 12.0. The van der Waals surface area contributed by atoms with Crippen LogP contribution in [0.25, 0.3) is 0 Å². The van der Waals surface area contributed by atoms with Crippen molar-refractivity contribution in [2.75, 3.05) is 17.3 Å². The Morgan fingerprint density at radius 3 is 2.10 bits per heavy atom. The van der Waals surface area contributed by atoms with Gasteiger partial charge in [-0.2, -0.15) is 5.26 Å². The standard InChI is InChI=1S/C13H17NO4S2/c1-2-3-8-19(15,16)9-10-20(17,18)13-6-4-12(11-14)5-7-13/h4-7H,2-3,8-10H2,1H3. The zero-order chi connectivity index (χ0) is 15.2. The van der Waals surface area contributed by atoms with E-state index in [1.54, 1.807) is 0 Å². The molecular formula is C13H17NO4S2. The van der Waals surface area contributed by atoms with E-state index in [0.717, 1.165) is 6.42 Å². The zero-order valence-electron chi connectivity index (χ0n) is 11.2. The average molecular weight is 315 g/mol. The lowest BCUT2D eigenvalue weighted by Crippen LogP contribution is -2.19. The normalized spacial score (nSPS) is 12.0. The first kappa shape index (κ1) is 16.7. The van der Waals surface area contributed by atoms with Crippen molar-refractivity contribution in [1.82, 2.24) is 0 Å². The maximum Gasteiger partial charge on any atom is 0.179 e. The summed E-state index contributed by atoms with van der Waals surface area (Å²) in [6.07, 6.45) is 1.29. The third kappa shape index (κ3) is 4.94. The fourth-order valence-electron chi connectivity index (χ4n) is 1.56.